The molecule has 4 nitrogen and oxygen atoms in total. The summed E-state index contributed by atoms with van der Waals surface area (Å²) in [6.07, 6.45) is -4.12. The van der Waals surface area contributed by atoms with Gasteiger partial charge in [0, 0.05) is 19.7 Å². The van der Waals surface area contributed by atoms with Crippen molar-refractivity contribution in [3.63, 3.8) is 0 Å². The minimum atomic E-state index is -4.52. The number of likely N-dealkylation sites (N-methyl/N-ethyl adjacent to an activating group) is 1. The summed E-state index contributed by atoms with van der Waals surface area (Å²) in [5.41, 5.74) is -1.02. The van der Waals surface area contributed by atoms with Gasteiger partial charge in [-0.3, -0.25) is 9.59 Å². The Balaban J connectivity index is 2.97. The van der Waals surface area contributed by atoms with Gasteiger partial charge in [0.2, 0.25) is 5.91 Å². The molecule has 128 valence electrons. The number of hydrogen-bond donors (Lipinski definition) is 1. The first-order chi connectivity index (χ1) is 10.5. The third-order valence-electron chi connectivity index (χ3n) is 3.20. The summed E-state index contributed by atoms with van der Waals surface area (Å²) < 4.78 is 38.1. The van der Waals surface area contributed by atoms with E-state index in [1.165, 1.54) is 17.0 Å². The lowest BCUT2D eigenvalue weighted by molar-refractivity contribution is -0.137. The molecule has 1 aromatic carbocycles. The summed E-state index contributed by atoms with van der Waals surface area (Å²) in [5.74, 6) is -0.846. The molecule has 1 aromatic rings. The second kappa shape index (κ2) is 7.48. The van der Waals surface area contributed by atoms with Crippen LogP contribution < -0.4 is 5.32 Å². The van der Waals surface area contributed by atoms with Crippen LogP contribution in [0.3, 0.4) is 0 Å². The van der Waals surface area contributed by atoms with Crippen LogP contribution >= 0.6 is 0 Å². The van der Waals surface area contributed by atoms with Gasteiger partial charge in [0.1, 0.15) is 6.04 Å². The van der Waals surface area contributed by atoms with Crippen molar-refractivity contribution in [3.8, 4) is 0 Å². The molecular weight excluding hydrogens is 309 g/mol. The highest BCUT2D eigenvalue weighted by molar-refractivity contribution is 5.97. The molecule has 0 heterocycles. The zero-order chi connectivity index (χ0) is 17.8. The van der Waals surface area contributed by atoms with Crippen LogP contribution in [0.1, 0.15) is 36.2 Å². The Bertz CT molecular complexity index is 569. The standard InChI is InChI=1S/C16H21F3N2O2/c1-10(2)8-13(15(23)21(3)4)20-14(22)11-6-5-7-12(9-11)16(17,18)19/h5-7,9-10,13H,8H2,1-4H3,(H,20,22)/t13-/m1/s1. The van der Waals surface area contributed by atoms with Crippen molar-refractivity contribution in [1.29, 1.82) is 0 Å². The smallest absolute Gasteiger partial charge is 0.347 e. The lowest BCUT2D eigenvalue weighted by Gasteiger charge is -2.23. The second-order valence-electron chi connectivity index (χ2n) is 5.97. The molecule has 0 spiro atoms. The quantitative estimate of drug-likeness (QED) is 0.902. The maximum absolute atomic E-state index is 12.7. The van der Waals surface area contributed by atoms with Crippen LogP contribution in [-0.4, -0.2) is 36.9 Å². The molecule has 7 heteroatoms. The van der Waals surface area contributed by atoms with E-state index >= 15 is 0 Å². The number of nitrogens with zero attached hydrogens (tertiary/aromatic N) is 1. The minimum Gasteiger partial charge on any atom is -0.347 e. The number of carbonyl (C=O) groups excluding carboxylic acids is 2. The fourth-order valence-corrected chi connectivity index (χ4v) is 2.08. The Morgan fingerprint density at radius 3 is 2.30 bits per heavy atom. The van der Waals surface area contributed by atoms with Crippen molar-refractivity contribution in [2.24, 2.45) is 5.92 Å². The predicted octanol–water partition coefficient (Wildman–Crippen LogP) is 2.94. The number of carbonyl (C=O) groups is 2. The molecule has 1 rings (SSSR count). The Labute approximate surface area is 133 Å². The molecule has 1 N–H and O–H groups in total. The average Bonchev–Trinajstić information content (AvgIpc) is 2.44. The molecular formula is C16H21F3N2O2. The van der Waals surface area contributed by atoms with Crippen molar-refractivity contribution < 1.29 is 22.8 Å². The van der Waals surface area contributed by atoms with E-state index in [9.17, 15) is 22.8 Å². The Kier molecular flexibility index (Phi) is 6.18. The molecule has 0 aliphatic heterocycles. The van der Waals surface area contributed by atoms with E-state index in [0.717, 1.165) is 12.1 Å². The van der Waals surface area contributed by atoms with Gasteiger partial charge in [0.25, 0.3) is 5.91 Å². The van der Waals surface area contributed by atoms with E-state index < -0.39 is 23.7 Å². The fraction of sp³-hybridized carbons (Fsp3) is 0.500. The summed E-state index contributed by atoms with van der Waals surface area (Å²) >= 11 is 0. The van der Waals surface area contributed by atoms with Crippen LogP contribution in [0.5, 0.6) is 0 Å². The van der Waals surface area contributed by atoms with E-state index in [2.05, 4.69) is 5.32 Å². The lowest BCUT2D eigenvalue weighted by atomic mass is 10.0. The SMILES string of the molecule is CC(C)C[C@@H](NC(=O)c1cccc(C(F)(F)F)c1)C(=O)N(C)C. The highest BCUT2D eigenvalue weighted by atomic mass is 19.4. The molecule has 23 heavy (non-hydrogen) atoms. The van der Waals surface area contributed by atoms with Gasteiger partial charge in [-0.05, 0) is 30.5 Å². The van der Waals surface area contributed by atoms with Gasteiger partial charge >= 0.3 is 6.18 Å². The van der Waals surface area contributed by atoms with E-state index in [0.29, 0.717) is 6.42 Å². The first-order valence-corrected chi connectivity index (χ1v) is 7.21. The first kappa shape index (κ1) is 19.0. The molecule has 0 unspecified atom stereocenters. The van der Waals surface area contributed by atoms with Crippen molar-refractivity contribution in [2.75, 3.05) is 14.1 Å². The van der Waals surface area contributed by atoms with E-state index in [4.69, 9.17) is 0 Å². The number of hydrogen-bond acceptors (Lipinski definition) is 2. The number of halogens is 3. The van der Waals surface area contributed by atoms with E-state index in [1.807, 2.05) is 13.8 Å². The van der Waals surface area contributed by atoms with Gasteiger partial charge in [-0.1, -0.05) is 19.9 Å². The number of benzene rings is 1. The molecule has 1 atom stereocenters. The van der Waals surface area contributed by atoms with E-state index in [-0.39, 0.29) is 17.4 Å². The number of amides is 2. The van der Waals surface area contributed by atoms with Crippen LogP contribution in [0.2, 0.25) is 0 Å². The van der Waals surface area contributed by atoms with Crippen molar-refractivity contribution in [2.45, 2.75) is 32.5 Å². The maximum Gasteiger partial charge on any atom is 0.416 e. The topological polar surface area (TPSA) is 49.4 Å². The molecule has 0 aliphatic rings. The number of rotatable bonds is 5. The van der Waals surface area contributed by atoms with Gasteiger partial charge in [-0.15, -0.1) is 0 Å². The predicted molar refractivity (Wildman–Crippen MR) is 80.8 cm³/mol. The Morgan fingerprint density at radius 2 is 1.83 bits per heavy atom. The molecule has 2 amide bonds. The zero-order valence-corrected chi connectivity index (χ0v) is 13.6. The summed E-state index contributed by atoms with van der Waals surface area (Å²) in [6.45, 7) is 3.79. The third kappa shape index (κ3) is 5.58. The van der Waals surface area contributed by atoms with Crippen LogP contribution in [-0.2, 0) is 11.0 Å². The second-order valence-corrected chi connectivity index (χ2v) is 5.97. The molecule has 0 bridgehead atoms. The molecule has 0 radical (unpaired) electrons. The molecule has 0 aliphatic carbocycles. The average molecular weight is 330 g/mol. The van der Waals surface area contributed by atoms with Crippen LogP contribution in [0.25, 0.3) is 0 Å². The lowest BCUT2D eigenvalue weighted by Crippen LogP contribution is -2.46. The first-order valence-electron chi connectivity index (χ1n) is 7.21. The fourth-order valence-electron chi connectivity index (χ4n) is 2.08. The van der Waals surface area contributed by atoms with Gasteiger partial charge < -0.3 is 10.2 Å². The van der Waals surface area contributed by atoms with Gasteiger partial charge in [0.15, 0.2) is 0 Å². The Morgan fingerprint density at radius 1 is 1.22 bits per heavy atom. The Hall–Kier alpha value is -2.05. The number of alkyl halides is 3. The molecule has 0 aromatic heterocycles. The summed E-state index contributed by atoms with van der Waals surface area (Å²) in [5, 5.41) is 2.53. The highest BCUT2D eigenvalue weighted by Gasteiger charge is 2.31. The normalized spacial score (nSPS) is 12.9. The number of nitrogens with one attached hydrogen (secondary N) is 1. The maximum atomic E-state index is 12.7. The van der Waals surface area contributed by atoms with Crippen molar-refractivity contribution >= 4 is 11.8 Å². The largest absolute Gasteiger partial charge is 0.416 e. The van der Waals surface area contributed by atoms with Crippen LogP contribution in [0.15, 0.2) is 24.3 Å². The highest BCUT2D eigenvalue weighted by Crippen LogP contribution is 2.29. The molecule has 0 saturated carbocycles. The van der Waals surface area contributed by atoms with Crippen molar-refractivity contribution in [1.82, 2.24) is 10.2 Å². The van der Waals surface area contributed by atoms with Crippen LogP contribution in [0.4, 0.5) is 13.2 Å². The monoisotopic (exact) mass is 330 g/mol. The summed E-state index contributed by atoms with van der Waals surface area (Å²) in [4.78, 5) is 25.6. The van der Waals surface area contributed by atoms with Gasteiger partial charge in [0.05, 0.1) is 5.56 Å². The molecule has 0 saturated heterocycles. The van der Waals surface area contributed by atoms with Crippen molar-refractivity contribution in [3.05, 3.63) is 35.4 Å². The van der Waals surface area contributed by atoms with E-state index in [1.54, 1.807) is 14.1 Å². The zero-order valence-electron chi connectivity index (χ0n) is 13.6. The van der Waals surface area contributed by atoms with Crippen LogP contribution in [0, 0.1) is 5.92 Å². The van der Waals surface area contributed by atoms with Gasteiger partial charge in [-0.2, -0.15) is 13.2 Å². The summed E-state index contributed by atoms with van der Waals surface area (Å²) in [7, 11) is 3.12. The third-order valence-corrected chi connectivity index (χ3v) is 3.20. The minimum absolute atomic E-state index is 0.125. The summed E-state index contributed by atoms with van der Waals surface area (Å²) in [6, 6.07) is 3.36. The molecule has 0 fully saturated rings. The van der Waals surface area contributed by atoms with Gasteiger partial charge in [-0.25, -0.2) is 0 Å².